The molecule has 0 saturated carbocycles. The first-order chi connectivity index (χ1) is 15.0. The zero-order valence-corrected chi connectivity index (χ0v) is 19.6. The van der Waals surface area contributed by atoms with Crippen LogP contribution in [0.1, 0.15) is 39.7 Å². The van der Waals surface area contributed by atoms with Crippen molar-refractivity contribution in [2.24, 2.45) is 0 Å². The number of rotatable bonds is 7. The van der Waals surface area contributed by atoms with Crippen molar-refractivity contribution in [3.8, 4) is 0 Å². The van der Waals surface area contributed by atoms with Gasteiger partial charge in [-0.3, -0.25) is 0 Å². The first kappa shape index (κ1) is 23.5. The van der Waals surface area contributed by atoms with Crippen LogP contribution in [0.2, 0.25) is 0 Å². The summed E-state index contributed by atoms with van der Waals surface area (Å²) in [6, 6.07) is 8.62. The van der Waals surface area contributed by atoms with E-state index in [-0.39, 0.29) is 30.5 Å². The first-order valence-corrected chi connectivity index (χ1v) is 11.3. The largest absolute Gasteiger partial charge is 0.480 e. The number of ether oxygens (including phenoxy) is 5. The molecule has 0 spiro atoms. The van der Waals surface area contributed by atoms with Crippen molar-refractivity contribution < 1.29 is 33.6 Å². The van der Waals surface area contributed by atoms with Gasteiger partial charge in [-0.2, -0.15) is 0 Å². The number of carboxylic acid groups (broad SMARTS) is 1. The van der Waals surface area contributed by atoms with E-state index < -0.39 is 23.6 Å². The maximum absolute atomic E-state index is 11.8. The Kier molecular flexibility index (Phi) is 6.59. The lowest BCUT2D eigenvalue weighted by Crippen LogP contribution is -2.43. The molecule has 3 aliphatic rings. The van der Waals surface area contributed by atoms with Gasteiger partial charge in [0.2, 0.25) is 0 Å². The van der Waals surface area contributed by atoms with E-state index in [0.29, 0.717) is 24.4 Å². The lowest BCUT2D eigenvalue weighted by atomic mass is 10.0. The van der Waals surface area contributed by atoms with E-state index in [0.717, 1.165) is 5.56 Å². The van der Waals surface area contributed by atoms with Gasteiger partial charge >= 0.3 is 5.97 Å². The van der Waals surface area contributed by atoms with Gasteiger partial charge in [-0.25, -0.2) is 4.79 Å². The quantitative estimate of drug-likeness (QED) is 0.589. The molecule has 4 rings (SSSR count). The molecule has 32 heavy (non-hydrogen) atoms. The molecule has 176 valence electrons. The van der Waals surface area contributed by atoms with E-state index in [4.69, 9.17) is 35.9 Å². The van der Waals surface area contributed by atoms with Crippen LogP contribution in [0.5, 0.6) is 0 Å². The summed E-state index contributed by atoms with van der Waals surface area (Å²) in [5.41, 5.74) is 0.919. The van der Waals surface area contributed by atoms with Crippen LogP contribution in [0, 0.1) is 0 Å². The lowest BCUT2D eigenvalue weighted by Gasteiger charge is -2.27. The van der Waals surface area contributed by atoms with Gasteiger partial charge in [0, 0.05) is 12.8 Å². The van der Waals surface area contributed by atoms with Gasteiger partial charge < -0.3 is 34.1 Å². The molecule has 0 bridgehead atoms. The summed E-state index contributed by atoms with van der Waals surface area (Å²) in [5, 5.41) is 12.7. The van der Waals surface area contributed by atoms with E-state index in [2.05, 4.69) is 5.32 Å². The fourth-order valence-electron chi connectivity index (χ4n) is 4.54. The van der Waals surface area contributed by atoms with Gasteiger partial charge in [-0.05, 0) is 33.3 Å². The summed E-state index contributed by atoms with van der Waals surface area (Å²) >= 11 is 5.52. The van der Waals surface area contributed by atoms with Crippen LogP contribution >= 0.6 is 12.2 Å². The summed E-state index contributed by atoms with van der Waals surface area (Å²) in [4.78, 5) is 12.2. The van der Waals surface area contributed by atoms with Gasteiger partial charge in [0.25, 0.3) is 0 Å². The molecule has 0 unspecified atom stereocenters. The normalized spacial score (nSPS) is 33.6. The number of hydrogen-bond acceptors (Lipinski definition) is 7. The summed E-state index contributed by atoms with van der Waals surface area (Å²) in [6.07, 6.45) is -1.04. The van der Waals surface area contributed by atoms with E-state index in [1.54, 1.807) is 0 Å². The lowest BCUT2D eigenvalue weighted by molar-refractivity contribution is -0.205. The van der Waals surface area contributed by atoms with Crippen LogP contribution in [-0.4, -0.2) is 70.8 Å². The van der Waals surface area contributed by atoms with Crippen LogP contribution in [0.25, 0.3) is 0 Å². The Morgan fingerprint density at radius 3 is 2.41 bits per heavy atom. The Hall–Kier alpha value is -1.62. The monoisotopic (exact) mass is 465 g/mol. The van der Waals surface area contributed by atoms with Gasteiger partial charge in [-0.1, -0.05) is 42.5 Å². The minimum Gasteiger partial charge on any atom is -0.480 e. The Morgan fingerprint density at radius 1 is 1.09 bits per heavy atom. The van der Waals surface area contributed by atoms with E-state index >= 15 is 0 Å². The highest BCUT2D eigenvalue weighted by molar-refractivity contribution is 7.80. The number of thiocarbonyl (C=S) groups is 1. The SMILES string of the molecule is CC1(C)O[C@@H]2[C@H](O1)[C@H](CC(=S)N[C@@H](Cc1ccccc1)C(=O)O)O[C@@H]2[C@H]1COC(C)(C)O1. The Morgan fingerprint density at radius 2 is 1.78 bits per heavy atom. The zero-order valence-electron chi connectivity index (χ0n) is 18.8. The highest BCUT2D eigenvalue weighted by Gasteiger charge is 2.58. The van der Waals surface area contributed by atoms with E-state index in [1.165, 1.54) is 0 Å². The van der Waals surface area contributed by atoms with Crippen molar-refractivity contribution in [3.05, 3.63) is 35.9 Å². The second kappa shape index (κ2) is 8.96. The molecule has 3 saturated heterocycles. The van der Waals surface area contributed by atoms with Crippen molar-refractivity contribution in [2.45, 2.75) is 88.7 Å². The molecule has 1 aromatic carbocycles. The standard InChI is InChI=1S/C23H31NO7S/c1-22(2)27-12-16(29-22)18-20-19(30-23(3,4)31-20)15(28-18)11-17(32)24-14(21(25)26)10-13-8-6-5-7-9-13/h5-9,14-16,18-20H,10-12H2,1-4H3,(H,24,32)(H,25,26)/t14-,15-,16+,18+,19+,20-/m0/s1. The van der Waals surface area contributed by atoms with Crippen molar-refractivity contribution in [2.75, 3.05) is 6.61 Å². The Bertz CT molecular complexity index is 846. The molecule has 3 aliphatic heterocycles. The van der Waals surface area contributed by atoms with Gasteiger partial charge in [0.05, 0.1) is 17.7 Å². The van der Waals surface area contributed by atoms with Crippen LogP contribution in [0.4, 0.5) is 0 Å². The second-order valence-corrected chi connectivity index (χ2v) is 9.92. The van der Waals surface area contributed by atoms with Crippen LogP contribution < -0.4 is 5.32 Å². The minimum absolute atomic E-state index is 0.286. The van der Waals surface area contributed by atoms with Crippen LogP contribution in [0.15, 0.2) is 30.3 Å². The van der Waals surface area contributed by atoms with E-state index in [1.807, 2.05) is 58.0 Å². The third-order valence-electron chi connectivity index (χ3n) is 5.89. The van der Waals surface area contributed by atoms with E-state index in [9.17, 15) is 9.90 Å². The fourth-order valence-corrected chi connectivity index (χ4v) is 4.85. The van der Waals surface area contributed by atoms with Gasteiger partial charge in [0.15, 0.2) is 11.6 Å². The molecule has 0 aliphatic carbocycles. The molecule has 3 fully saturated rings. The molecule has 1 aromatic rings. The number of hydrogen-bond donors (Lipinski definition) is 2. The summed E-state index contributed by atoms with van der Waals surface area (Å²) in [6.45, 7) is 7.87. The van der Waals surface area contributed by atoms with Crippen molar-refractivity contribution in [1.82, 2.24) is 5.32 Å². The Labute approximate surface area is 193 Å². The number of nitrogens with one attached hydrogen (secondary N) is 1. The average Bonchev–Trinajstić information content (AvgIpc) is 3.32. The highest BCUT2D eigenvalue weighted by Crippen LogP contribution is 2.43. The molecule has 0 amide bonds. The molecule has 3 heterocycles. The predicted molar refractivity (Wildman–Crippen MR) is 119 cm³/mol. The minimum atomic E-state index is -0.959. The third kappa shape index (κ3) is 5.30. The smallest absolute Gasteiger partial charge is 0.326 e. The Balaban J connectivity index is 1.42. The highest BCUT2D eigenvalue weighted by atomic mass is 32.1. The maximum Gasteiger partial charge on any atom is 0.326 e. The van der Waals surface area contributed by atoms with Crippen molar-refractivity contribution >= 4 is 23.2 Å². The average molecular weight is 466 g/mol. The molecular formula is C23H31NO7S. The van der Waals surface area contributed by atoms with Crippen molar-refractivity contribution in [3.63, 3.8) is 0 Å². The molecule has 0 aromatic heterocycles. The topological polar surface area (TPSA) is 95.5 Å². The molecule has 9 heteroatoms. The number of benzene rings is 1. The number of carbonyl (C=O) groups is 1. The fraction of sp³-hybridized carbons (Fsp3) is 0.652. The van der Waals surface area contributed by atoms with Gasteiger partial charge in [0.1, 0.15) is 30.5 Å². The maximum atomic E-state index is 11.8. The molecule has 0 radical (unpaired) electrons. The summed E-state index contributed by atoms with van der Waals surface area (Å²) in [7, 11) is 0. The number of aliphatic carboxylic acids is 1. The molecule has 8 nitrogen and oxygen atoms in total. The van der Waals surface area contributed by atoms with Crippen LogP contribution in [0.3, 0.4) is 0 Å². The molecular weight excluding hydrogens is 434 g/mol. The number of fused-ring (bicyclic) bond motifs is 1. The zero-order chi connectivity index (χ0) is 23.1. The van der Waals surface area contributed by atoms with Crippen LogP contribution in [-0.2, 0) is 34.9 Å². The molecule has 6 atom stereocenters. The van der Waals surface area contributed by atoms with Crippen molar-refractivity contribution in [1.29, 1.82) is 0 Å². The number of carboxylic acids is 1. The predicted octanol–water partition coefficient (Wildman–Crippen LogP) is 2.43. The summed E-state index contributed by atoms with van der Waals surface area (Å²) in [5.74, 6) is -2.39. The summed E-state index contributed by atoms with van der Waals surface area (Å²) < 4.78 is 30.3. The second-order valence-electron chi connectivity index (χ2n) is 9.42. The van der Waals surface area contributed by atoms with Gasteiger partial charge in [-0.15, -0.1) is 0 Å². The third-order valence-corrected chi connectivity index (χ3v) is 6.17. The first-order valence-electron chi connectivity index (χ1n) is 10.9. The molecule has 2 N–H and O–H groups in total.